The van der Waals surface area contributed by atoms with Gasteiger partial charge in [-0.2, -0.15) is 0 Å². The molecule has 0 spiro atoms. The number of hydrogen-bond donors (Lipinski definition) is 1. The van der Waals surface area contributed by atoms with Crippen LogP contribution < -0.4 is 10.4 Å². The molecule has 0 radical (unpaired) electrons. The molecule has 0 saturated heterocycles. The fourth-order valence-electron chi connectivity index (χ4n) is 2.49. The van der Waals surface area contributed by atoms with Gasteiger partial charge in [-0.15, -0.1) is 0 Å². The highest BCUT2D eigenvalue weighted by molar-refractivity contribution is 5.88. The third-order valence-electron chi connectivity index (χ3n) is 3.62. The minimum Gasteiger partial charge on any atom is -0.486 e. The molecule has 1 aliphatic heterocycles. The Morgan fingerprint density at radius 1 is 1.37 bits per heavy atom. The van der Waals surface area contributed by atoms with Gasteiger partial charge >= 0.3 is 5.63 Å². The Morgan fingerprint density at radius 2 is 2.11 bits per heavy atom. The number of fused-ring (bicyclic) bond motifs is 3. The first-order valence-corrected chi connectivity index (χ1v) is 6.32. The van der Waals surface area contributed by atoms with E-state index in [2.05, 4.69) is 0 Å². The summed E-state index contributed by atoms with van der Waals surface area (Å²) in [5.41, 5.74) is 0.670. The molecule has 19 heavy (non-hydrogen) atoms. The molecular formula is C15H16O4. The van der Waals surface area contributed by atoms with Gasteiger partial charge in [0.1, 0.15) is 17.4 Å². The normalized spacial score (nSPS) is 18.4. The van der Waals surface area contributed by atoms with Gasteiger partial charge in [0.2, 0.25) is 0 Å². The molecule has 2 heterocycles. The lowest BCUT2D eigenvalue weighted by atomic mass is 9.97. The third-order valence-corrected chi connectivity index (χ3v) is 3.62. The summed E-state index contributed by atoms with van der Waals surface area (Å²) in [6.07, 6.45) is -0.0403. The number of aryl methyl sites for hydroxylation is 1. The zero-order chi connectivity index (χ0) is 13.8. The van der Waals surface area contributed by atoms with Crippen LogP contribution in [0.25, 0.3) is 11.0 Å². The first-order chi connectivity index (χ1) is 8.88. The zero-order valence-corrected chi connectivity index (χ0v) is 11.2. The molecule has 0 amide bonds. The number of aliphatic hydroxyl groups is 1. The zero-order valence-electron chi connectivity index (χ0n) is 11.2. The lowest BCUT2D eigenvalue weighted by Crippen LogP contribution is -2.39. The number of benzene rings is 1. The van der Waals surface area contributed by atoms with Gasteiger partial charge in [-0.05, 0) is 32.4 Å². The van der Waals surface area contributed by atoms with Crippen molar-refractivity contribution in [3.8, 4) is 5.75 Å². The molecule has 4 nitrogen and oxygen atoms in total. The summed E-state index contributed by atoms with van der Waals surface area (Å²) in [7, 11) is 0. The Kier molecular flexibility index (Phi) is 2.47. The van der Waals surface area contributed by atoms with Crippen molar-refractivity contribution in [2.75, 3.05) is 0 Å². The van der Waals surface area contributed by atoms with E-state index in [0.29, 0.717) is 23.3 Å². The summed E-state index contributed by atoms with van der Waals surface area (Å²) < 4.78 is 11.2. The molecule has 0 saturated carbocycles. The Hall–Kier alpha value is -1.81. The van der Waals surface area contributed by atoms with E-state index in [4.69, 9.17) is 9.15 Å². The van der Waals surface area contributed by atoms with E-state index in [-0.39, 0.29) is 5.63 Å². The highest BCUT2D eigenvalue weighted by Gasteiger charge is 2.38. The molecule has 1 aromatic carbocycles. The number of ether oxygens (including phenoxy) is 1. The molecule has 0 bridgehead atoms. The minimum absolute atomic E-state index is 0.375. The lowest BCUT2D eigenvalue weighted by Gasteiger charge is -2.24. The summed E-state index contributed by atoms with van der Waals surface area (Å²) in [5, 5.41) is 10.9. The highest BCUT2D eigenvalue weighted by atomic mass is 16.5. The first-order valence-electron chi connectivity index (χ1n) is 6.32. The van der Waals surface area contributed by atoms with Crippen molar-refractivity contribution >= 4 is 11.0 Å². The van der Waals surface area contributed by atoms with E-state index in [1.807, 2.05) is 19.1 Å². The predicted molar refractivity (Wildman–Crippen MR) is 71.6 cm³/mol. The third kappa shape index (κ3) is 1.83. The smallest absolute Gasteiger partial charge is 0.343 e. The van der Waals surface area contributed by atoms with Gasteiger partial charge in [0.05, 0.1) is 16.6 Å². The van der Waals surface area contributed by atoms with Crippen LogP contribution in [-0.4, -0.2) is 16.8 Å². The first kappa shape index (κ1) is 12.2. The highest BCUT2D eigenvalue weighted by Crippen LogP contribution is 2.38. The maximum Gasteiger partial charge on any atom is 0.343 e. The van der Waals surface area contributed by atoms with Crippen molar-refractivity contribution in [2.24, 2.45) is 0 Å². The maximum atomic E-state index is 12.0. The van der Waals surface area contributed by atoms with Gasteiger partial charge < -0.3 is 14.3 Å². The van der Waals surface area contributed by atoms with Crippen LogP contribution in [0.3, 0.4) is 0 Å². The van der Waals surface area contributed by atoms with Crippen molar-refractivity contribution in [3.05, 3.63) is 39.7 Å². The lowest BCUT2D eigenvalue weighted by molar-refractivity contribution is -0.0225. The monoisotopic (exact) mass is 260 g/mol. The summed E-state index contributed by atoms with van der Waals surface area (Å²) >= 11 is 0. The van der Waals surface area contributed by atoms with Crippen LogP contribution in [0.5, 0.6) is 5.75 Å². The molecule has 0 unspecified atom stereocenters. The minimum atomic E-state index is -1.000. The van der Waals surface area contributed by atoms with Crippen molar-refractivity contribution in [2.45, 2.75) is 38.9 Å². The van der Waals surface area contributed by atoms with Crippen LogP contribution in [0.1, 0.15) is 25.0 Å². The molecule has 0 fully saturated rings. The standard InChI is InChI=1S/C15H16O4/c1-8-5-4-6-10-12(8)13-9(14(16)18-10)7-11(19-13)15(2,3)17/h4-6,11,17H,7H2,1-3H3/t11-/m1/s1. The van der Waals surface area contributed by atoms with Crippen LogP contribution in [0.15, 0.2) is 27.4 Å². The second kappa shape index (κ2) is 3.84. The summed E-state index contributed by atoms with van der Waals surface area (Å²) in [4.78, 5) is 12.0. The molecule has 1 N–H and O–H groups in total. The average Bonchev–Trinajstić information content (AvgIpc) is 2.74. The average molecular weight is 260 g/mol. The van der Waals surface area contributed by atoms with Crippen molar-refractivity contribution in [1.82, 2.24) is 0 Å². The molecule has 100 valence electrons. The Balaban J connectivity index is 2.27. The summed E-state index contributed by atoms with van der Waals surface area (Å²) in [5.74, 6) is 0.566. The second-order valence-corrected chi connectivity index (χ2v) is 5.61. The predicted octanol–water partition coefficient (Wildman–Crippen LogP) is 2.18. The van der Waals surface area contributed by atoms with Crippen molar-refractivity contribution < 1.29 is 14.3 Å². The molecule has 1 aliphatic rings. The van der Waals surface area contributed by atoms with E-state index >= 15 is 0 Å². The Morgan fingerprint density at radius 3 is 2.79 bits per heavy atom. The van der Waals surface area contributed by atoms with E-state index in [1.54, 1.807) is 19.9 Å². The van der Waals surface area contributed by atoms with Gasteiger partial charge in [0.25, 0.3) is 0 Å². The fraction of sp³-hybridized carbons (Fsp3) is 0.400. The van der Waals surface area contributed by atoms with Gasteiger partial charge in [-0.25, -0.2) is 4.79 Å². The van der Waals surface area contributed by atoms with Gasteiger partial charge in [0.15, 0.2) is 0 Å². The Labute approximate surface area is 110 Å². The van der Waals surface area contributed by atoms with Crippen LogP contribution in [0.2, 0.25) is 0 Å². The molecule has 3 rings (SSSR count). The number of hydrogen-bond acceptors (Lipinski definition) is 4. The molecule has 1 atom stereocenters. The summed E-state index contributed by atoms with van der Waals surface area (Å²) in [6, 6.07) is 5.55. The van der Waals surface area contributed by atoms with Gasteiger partial charge in [-0.3, -0.25) is 0 Å². The molecular weight excluding hydrogens is 244 g/mol. The van der Waals surface area contributed by atoms with Crippen molar-refractivity contribution in [1.29, 1.82) is 0 Å². The maximum absolute atomic E-state index is 12.0. The van der Waals surface area contributed by atoms with Crippen LogP contribution in [0, 0.1) is 6.92 Å². The molecule has 2 aromatic rings. The molecule has 0 aliphatic carbocycles. The Bertz CT molecular complexity index is 706. The number of rotatable bonds is 1. The van der Waals surface area contributed by atoms with Crippen LogP contribution in [0.4, 0.5) is 0 Å². The molecule has 1 aromatic heterocycles. The van der Waals surface area contributed by atoms with Crippen molar-refractivity contribution in [3.63, 3.8) is 0 Å². The van der Waals surface area contributed by atoms with Crippen LogP contribution >= 0.6 is 0 Å². The SMILES string of the molecule is Cc1cccc2oc(=O)c3c(c12)O[C@@H](C(C)(C)O)C3. The van der Waals surface area contributed by atoms with Crippen LogP contribution in [-0.2, 0) is 6.42 Å². The molecule has 4 heteroatoms. The topological polar surface area (TPSA) is 59.7 Å². The van der Waals surface area contributed by atoms with E-state index in [9.17, 15) is 9.90 Å². The van der Waals surface area contributed by atoms with E-state index in [0.717, 1.165) is 10.9 Å². The fourth-order valence-corrected chi connectivity index (χ4v) is 2.49. The van der Waals surface area contributed by atoms with E-state index in [1.165, 1.54) is 0 Å². The summed E-state index contributed by atoms with van der Waals surface area (Å²) in [6.45, 7) is 5.31. The van der Waals surface area contributed by atoms with Gasteiger partial charge in [0, 0.05) is 6.42 Å². The quantitative estimate of drug-likeness (QED) is 0.798. The van der Waals surface area contributed by atoms with Gasteiger partial charge in [-0.1, -0.05) is 12.1 Å². The van der Waals surface area contributed by atoms with E-state index < -0.39 is 11.7 Å². The largest absolute Gasteiger partial charge is 0.486 e. The second-order valence-electron chi connectivity index (χ2n) is 5.61.